The van der Waals surface area contributed by atoms with E-state index in [1.807, 2.05) is 0 Å². The summed E-state index contributed by atoms with van der Waals surface area (Å²) in [6.07, 6.45) is -0.890. The fraction of sp³-hybridized carbons (Fsp3) is 0.733. The first kappa shape index (κ1) is 15.5. The van der Waals surface area contributed by atoms with Gasteiger partial charge in [-0.1, -0.05) is 6.92 Å². The van der Waals surface area contributed by atoms with Crippen molar-refractivity contribution in [3.8, 4) is 0 Å². The van der Waals surface area contributed by atoms with Crippen LogP contribution in [0.3, 0.4) is 0 Å². The summed E-state index contributed by atoms with van der Waals surface area (Å²) in [5.74, 6) is 0. The number of hydrogen-bond acceptors (Lipinski definition) is 3. The van der Waals surface area contributed by atoms with Gasteiger partial charge in [-0.2, -0.15) is 18.3 Å². The fourth-order valence-corrected chi connectivity index (χ4v) is 2.72. The Morgan fingerprint density at radius 1 is 1.45 bits per heavy atom. The Balaban J connectivity index is 1.95. The minimum absolute atomic E-state index is 0.152. The lowest BCUT2D eigenvalue weighted by Gasteiger charge is -2.16. The molecule has 0 bridgehead atoms. The first-order valence-electron chi connectivity index (χ1n) is 7.59. The summed E-state index contributed by atoms with van der Waals surface area (Å²) in [6, 6.07) is 0.855. The Hall–Kier alpha value is -1.37. The third-order valence-corrected chi connectivity index (χ3v) is 4.59. The van der Waals surface area contributed by atoms with Crippen molar-refractivity contribution < 1.29 is 17.9 Å². The lowest BCUT2D eigenvalue weighted by molar-refractivity contribution is -0.139. The highest BCUT2D eigenvalue weighted by molar-refractivity contribution is 5.19. The van der Waals surface area contributed by atoms with Gasteiger partial charge in [0.15, 0.2) is 0 Å². The second-order valence-electron chi connectivity index (χ2n) is 6.57. The number of hydrogen-bond donors (Lipinski definition) is 0. The Labute approximate surface area is 126 Å². The van der Waals surface area contributed by atoms with Crippen LogP contribution in [0.1, 0.15) is 56.4 Å². The lowest BCUT2D eigenvalue weighted by Crippen LogP contribution is -2.32. The molecule has 1 aliphatic heterocycles. The molecule has 1 atom stereocenters. The van der Waals surface area contributed by atoms with Crippen molar-refractivity contribution in [2.45, 2.75) is 57.9 Å². The quantitative estimate of drug-likeness (QED) is 0.856. The van der Waals surface area contributed by atoms with Crippen molar-refractivity contribution in [2.24, 2.45) is 5.41 Å². The van der Waals surface area contributed by atoms with Gasteiger partial charge in [-0.25, -0.2) is 4.68 Å². The number of aryl methyl sites for hydroxylation is 1. The van der Waals surface area contributed by atoms with E-state index in [0.717, 1.165) is 30.0 Å². The summed E-state index contributed by atoms with van der Waals surface area (Å²) in [6.45, 7) is 2.82. The second kappa shape index (κ2) is 5.37. The number of alkyl halides is 3. The molecule has 1 unspecified atom stereocenters. The highest BCUT2D eigenvalue weighted by Gasteiger charge is 2.39. The standard InChI is InChI=1S/C15H19F3N2O2/c1-14(4-5-14)6-7-20-13(21)10(15(16,17)18)9-11(19-20)12-3-2-8-22-12/h9,12H,2-8H2,1H3. The Morgan fingerprint density at radius 2 is 2.18 bits per heavy atom. The minimum Gasteiger partial charge on any atom is -0.372 e. The van der Waals surface area contributed by atoms with E-state index < -0.39 is 23.4 Å². The average Bonchev–Trinajstić information content (AvgIpc) is 2.96. The zero-order chi connectivity index (χ0) is 16.0. The van der Waals surface area contributed by atoms with Crippen LogP contribution in [0.15, 0.2) is 10.9 Å². The van der Waals surface area contributed by atoms with E-state index in [0.29, 0.717) is 19.4 Å². The Bertz CT molecular complexity index is 614. The molecule has 122 valence electrons. The number of aromatic nitrogens is 2. The molecule has 0 radical (unpaired) electrons. The molecule has 0 amide bonds. The summed E-state index contributed by atoms with van der Waals surface area (Å²) >= 11 is 0. The van der Waals surface area contributed by atoms with Gasteiger partial charge in [-0.05, 0) is 43.6 Å². The van der Waals surface area contributed by atoms with Gasteiger partial charge >= 0.3 is 6.18 Å². The van der Waals surface area contributed by atoms with E-state index >= 15 is 0 Å². The molecule has 7 heteroatoms. The normalized spacial score (nSPS) is 23.7. The number of ether oxygens (including phenoxy) is 1. The van der Waals surface area contributed by atoms with Gasteiger partial charge in [0.05, 0.1) is 5.69 Å². The molecule has 22 heavy (non-hydrogen) atoms. The van der Waals surface area contributed by atoms with Gasteiger partial charge < -0.3 is 4.74 Å². The largest absolute Gasteiger partial charge is 0.421 e. The summed E-state index contributed by atoms with van der Waals surface area (Å²) in [4.78, 5) is 12.1. The highest BCUT2D eigenvalue weighted by atomic mass is 19.4. The SMILES string of the molecule is CC1(CCn2nc(C3CCCO3)cc(C(F)(F)F)c2=O)CC1. The predicted molar refractivity (Wildman–Crippen MR) is 73.4 cm³/mol. The van der Waals surface area contributed by atoms with Crippen LogP contribution in [-0.2, 0) is 17.5 Å². The predicted octanol–water partition coefficient (Wildman–Crippen LogP) is 3.30. The van der Waals surface area contributed by atoms with Gasteiger partial charge in [-0.3, -0.25) is 4.79 Å². The van der Waals surface area contributed by atoms with E-state index in [2.05, 4.69) is 12.0 Å². The third kappa shape index (κ3) is 3.19. The maximum Gasteiger partial charge on any atom is 0.421 e. The van der Waals surface area contributed by atoms with Crippen LogP contribution >= 0.6 is 0 Å². The summed E-state index contributed by atoms with van der Waals surface area (Å²) < 4.78 is 45.7. The van der Waals surface area contributed by atoms with Crippen molar-refractivity contribution in [3.63, 3.8) is 0 Å². The Morgan fingerprint density at radius 3 is 2.73 bits per heavy atom. The molecule has 1 aliphatic carbocycles. The summed E-state index contributed by atoms with van der Waals surface area (Å²) in [5, 5.41) is 4.14. The molecular weight excluding hydrogens is 297 g/mol. The third-order valence-electron chi connectivity index (χ3n) is 4.59. The maximum atomic E-state index is 13.1. The van der Waals surface area contributed by atoms with Crippen LogP contribution in [0.25, 0.3) is 0 Å². The molecule has 2 aliphatic rings. The van der Waals surface area contributed by atoms with Crippen molar-refractivity contribution in [3.05, 3.63) is 27.7 Å². The lowest BCUT2D eigenvalue weighted by atomic mass is 10.1. The molecule has 0 spiro atoms. The first-order chi connectivity index (χ1) is 10.3. The fourth-order valence-electron chi connectivity index (χ4n) is 2.72. The average molecular weight is 316 g/mol. The van der Waals surface area contributed by atoms with Gasteiger partial charge in [-0.15, -0.1) is 0 Å². The molecule has 1 aromatic rings. The number of halogens is 3. The van der Waals surface area contributed by atoms with Crippen molar-refractivity contribution >= 4 is 0 Å². The Kier molecular flexibility index (Phi) is 3.79. The molecule has 2 fully saturated rings. The van der Waals surface area contributed by atoms with E-state index in [4.69, 9.17) is 4.74 Å². The maximum absolute atomic E-state index is 13.1. The molecule has 1 aromatic heterocycles. The number of rotatable bonds is 4. The van der Waals surface area contributed by atoms with E-state index in [-0.39, 0.29) is 17.7 Å². The molecule has 0 N–H and O–H groups in total. The summed E-state index contributed by atoms with van der Waals surface area (Å²) in [7, 11) is 0. The van der Waals surface area contributed by atoms with E-state index in [1.54, 1.807) is 0 Å². The van der Waals surface area contributed by atoms with Crippen LogP contribution in [-0.4, -0.2) is 16.4 Å². The first-order valence-corrected chi connectivity index (χ1v) is 7.59. The van der Waals surface area contributed by atoms with Crippen LogP contribution in [0, 0.1) is 5.41 Å². The van der Waals surface area contributed by atoms with Crippen LogP contribution < -0.4 is 5.56 Å². The second-order valence-corrected chi connectivity index (χ2v) is 6.57. The summed E-state index contributed by atoms with van der Waals surface area (Å²) in [5.41, 5.74) is -1.84. The molecule has 0 aromatic carbocycles. The van der Waals surface area contributed by atoms with Crippen LogP contribution in [0.2, 0.25) is 0 Å². The molecule has 1 saturated heterocycles. The minimum atomic E-state index is -4.67. The van der Waals surface area contributed by atoms with Crippen LogP contribution in [0.5, 0.6) is 0 Å². The van der Waals surface area contributed by atoms with Crippen molar-refractivity contribution in [2.75, 3.05) is 6.61 Å². The smallest absolute Gasteiger partial charge is 0.372 e. The molecule has 2 heterocycles. The van der Waals surface area contributed by atoms with Crippen molar-refractivity contribution in [1.29, 1.82) is 0 Å². The highest BCUT2D eigenvalue weighted by Crippen LogP contribution is 2.48. The molecule has 3 rings (SSSR count). The van der Waals surface area contributed by atoms with Gasteiger partial charge in [0, 0.05) is 13.2 Å². The van der Waals surface area contributed by atoms with Crippen molar-refractivity contribution in [1.82, 2.24) is 9.78 Å². The van der Waals surface area contributed by atoms with Crippen LogP contribution in [0.4, 0.5) is 13.2 Å². The van der Waals surface area contributed by atoms with Gasteiger partial charge in [0.25, 0.3) is 5.56 Å². The topological polar surface area (TPSA) is 44.1 Å². The number of nitrogens with zero attached hydrogens (tertiary/aromatic N) is 2. The van der Waals surface area contributed by atoms with Gasteiger partial charge in [0.1, 0.15) is 11.7 Å². The molecular formula is C15H19F3N2O2. The zero-order valence-electron chi connectivity index (χ0n) is 12.4. The molecule has 4 nitrogen and oxygen atoms in total. The van der Waals surface area contributed by atoms with E-state index in [1.165, 1.54) is 0 Å². The molecule has 1 saturated carbocycles. The van der Waals surface area contributed by atoms with Gasteiger partial charge in [0.2, 0.25) is 0 Å². The monoisotopic (exact) mass is 316 g/mol. The van der Waals surface area contributed by atoms with E-state index in [9.17, 15) is 18.0 Å². The zero-order valence-corrected chi connectivity index (χ0v) is 12.4.